The second kappa shape index (κ2) is 6.55. The summed E-state index contributed by atoms with van der Waals surface area (Å²) in [6, 6.07) is 10.2. The van der Waals surface area contributed by atoms with Gasteiger partial charge in [0.15, 0.2) is 0 Å². The Bertz CT molecular complexity index is 371. The monoisotopic (exact) mass is 247 g/mol. The molecule has 0 amide bonds. The molecule has 1 aliphatic heterocycles. The lowest BCUT2D eigenvalue weighted by atomic mass is 10.0. The van der Waals surface area contributed by atoms with Gasteiger partial charge in [-0.3, -0.25) is 9.69 Å². The highest BCUT2D eigenvalue weighted by Gasteiger charge is 2.28. The van der Waals surface area contributed by atoms with Crippen molar-refractivity contribution >= 4 is 5.97 Å². The minimum absolute atomic E-state index is 0.0716. The van der Waals surface area contributed by atoms with Crippen LogP contribution < -0.4 is 0 Å². The largest absolute Gasteiger partial charge is 0.468 e. The fourth-order valence-electron chi connectivity index (χ4n) is 2.59. The van der Waals surface area contributed by atoms with Gasteiger partial charge in [-0.15, -0.1) is 0 Å². The van der Waals surface area contributed by atoms with Crippen molar-refractivity contribution in [3.05, 3.63) is 35.9 Å². The van der Waals surface area contributed by atoms with E-state index in [1.807, 2.05) is 18.2 Å². The first-order valence-electron chi connectivity index (χ1n) is 6.67. The number of hydrogen-bond donors (Lipinski definition) is 0. The van der Waals surface area contributed by atoms with Crippen LogP contribution in [0.15, 0.2) is 30.3 Å². The summed E-state index contributed by atoms with van der Waals surface area (Å²) >= 11 is 0. The van der Waals surface area contributed by atoms with Gasteiger partial charge in [-0.2, -0.15) is 0 Å². The van der Waals surface area contributed by atoms with Crippen LogP contribution in [0.1, 0.15) is 24.8 Å². The van der Waals surface area contributed by atoms with Crippen LogP contribution in [0.5, 0.6) is 0 Å². The number of aryl methyl sites for hydroxylation is 1. The summed E-state index contributed by atoms with van der Waals surface area (Å²) in [5.41, 5.74) is 1.28. The molecule has 18 heavy (non-hydrogen) atoms. The molecule has 0 radical (unpaired) electrons. The highest BCUT2D eigenvalue weighted by Crippen LogP contribution is 2.17. The van der Waals surface area contributed by atoms with Crippen molar-refractivity contribution in [2.24, 2.45) is 0 Å². The summed E-state index contributed by atoms with van der Waals surface area (Å²) in [4.78, 5) is 14.1. The number of carbonyl (C=O) groups is 1. The van der Waals surface area contributed by atoms with Gasteiger partial charge in [-0.25, -0.2) is 0 Å². The smallest absolute Gasteiger partial charge is 0.323 e. The number of rotatable bonds is 5. The fourth-order valence-corrected chi connectivity index (χ4v) is 2.59. The molecule has 0 spiro atoms. The van der Waals surface area contributed by atoms with Gasteiger partial charge in [-0.05, 0) is 44.3 Å². The van der Waals surface area contributed by atoms with Crippen LogP contribution in [0.25, 0.3) is 0 Å². The fraction of sp³-hybridized carbons (Fsp3) is 0.533. The zero-order valence-corrected chi connectivity index (χ0v) is 11.0. The third-order valence-corrected chi connectivity index (χ3v) is 3.60. The number of likely N-dealkylation sites (tertiary alicyclic amines) is 1. The number of ether oxygens (including phenoxy) is 1. The molecule has 1 heterocycles. The molecule has 2 rings (SSSR count). The van der Waals surface area contributed by atoms with E-state index < -0.39 is 0 Å². The van der Waals surface area contributed by atoms with E-state index in [2.05, 4.69) is 17.0 Å². The third kappa shape index (κ3) is 3.33. The van der Waals surface area contributed by atoms with E-state index in [4.69, 9.17) is 4.74 Å². The minimum atomic E-state index is -0.0900. The first-order chi connectivity index (χ1) is 8.81. The molecule has 1 aliphatic rings. The highest BCUT2D eigenvalue weighted by molar-refractivity contribution is 5.75. The normalized spacial score (nSPS) is 17.6. The molecule has 1 atom stereocenters. The van der Waals surface area contributed by atoms with Gasteiger partial charge < -0.3 is 4.74 Å². The number of carbonyl (C=O) groups excluding carboxylic acids is 1. The van der Waals surface area contributed by atoms with E-state index in [9.17, 15) is 4.79 Å². The highest BCUT2D eigenvalue weighted by atomic mass is 16.5. The van der Waals surface area contributed by atoms with Crippen molar-refractivity contribution in [2.75, 3.05) is 20.2 Å². The molecule has 1 unspecified atom stereocenters. The Labute approximate surface area is 109 Å². The van der Waals surface area contributed by atoms with Crippen molar-refractivity contribution in [1.82, 2.24) is 4.90 Å². The summed E-state index contributed by atoms with van der Waals surface area (Å²) in [6.45, 7) is 2.04. The molecule has 0 N–H and O–H groups in total. The van der Waals surface area contributed by atoms with E-state index in [1.165, 1.54) is 25.5 Å². The molecule has 0 bridgehead atoms. The Morgan fingerprint density at radius 2 is 1.94 bits per heavy atom. The second-order valence-electron chi connectivity index (χ2n) is 4.81. The SMILES string of the molecule is COC(=O)C(CCc1ccccc1)N1CCCC1. The predicted octanol–water partition coefficient (Wildman–Crippen LogP) is 2.26. The van der Waals surface area contributed by atoms with Crippen LogP contribution in [-0.4, -0.2) is 37.1 Å². The predicted molar refractivity (Wildman–Crippen MR) is 71.4 cm³/mol. The van der Waals surface area contributed by atoms with Gasteiger partial charge in [-0.1, -0.05) is 30.3 Å². The first kappa shape index (κ1) is 13.1. The summed E-state index contributed by atoms with van der Waals surface area (Å²) in [5.74, 6) is -0.0900. The van der Waals surface area contributed by atoms with E-state index in [0.717, 1.165) is 25.9 Å². The van der Waals surface area contributed by atoms with Gasteiger partial charge >= 0.3 is 5.97 Å². The molecule has 98 valence electrons. The maximum Gasteiger partial charge on any atom is 0.323 e. The van der Waals surface area contributed by atoms with Gasteiger partial charge in [0.25, 0.3) is 0 Å². The second-order valence-corrected chi connectivity index (χ2v) is 4.81. The lowest BCUT2D eigenvalue weighted by molar-refractivity contribution is -0.146. The van der Waals surface area contributed by atoms with Crippen LogP contribution in [0.2, 0.25) is 0 Å². The summed E-state index contributed by atoms with van der Waals surface area (Å²) in [6.07, 6.45) is 4.16. The molecule has 3 heteroatoms. The average Bonchev–Trinajstić information content (AvgIpc) is 2.94. The molecule has 0 saturated carbocycles. The zero-order chi connectivity index (χ0) is 12.8. The summed E-state index contributed by atoms with van der Waals surface area (Å²) < 4.78 is 4.93. The maximum absolute atomic E-state index is 11.9. The molecular weight excluding hydrogens is 226 g/mol. The van der Waals surface area contributed by atoms with Crippen LogP contribution >= 0.6 is 0 Å². The third-order valence-electron chi connectivity index (χ3n) is 3.60. The Balaban J connectivity index is 1.94. The number of methoxy groups -OCH3 is 1. The lowest BCUT2D eigenvalue weighted by Gasteiger charge is -2.25. The van der Waals surface area contributed by atoms with Crippen molar-refractivity contribution in [3.63, 3.8) is 0 Å². The van der Waals surface area contributed by atoms with Crippen molar-refractivity contribution < 1.29 is 9.53 Å². The van der Waals surface area contributed by atoms with Crippen LogP contribution in [0.4, 0.5) is 0 Å². The Morgan fingerprint density at radius 1 is 1.28 bits per heavy atom. The van der Waals surface area contributed by atoms with Gasteiger partial charge in [0.2, 0.25) is 0 Å². The molecule has 1 saturated heterocycles. The van der Waals surface area contributed by atoms with E-state index in [0.29, 0.717) is 0 Å². The van der Waals surface area contributed by atoms with Gasteiger partial charge in [0.05, 0.1) is 7.11 Å². The summed E-state index contributed by atoms with van der Waals surface area (Å²) in [7, 11) is 1.48. The molecular formula is C15H21NO2. The van der Waals surface area contributed by atoms with Crippen molar-refractivity contribution in [2.45, 2.75) is 31.7 Å². The Kier molecular flexibility index (Phi) is 4.76. The standard InChI is InChI=1S/C15H21NO2/c1-18-15(17)14(16-11-5-6-12-16)10-9-13-7-3-2-4-8-13/h2-4,7-8,14H,5-6,9-12H2,1H3. The summed E-state index contributed by atoms with van der Waals surface area (Å²) in [5, 5.41) is 0. The maximum atomic E-state index is 11.9. The van der Waals surface area contributed by atoms with Crippen LogP contribution in [0.3, 0.4) is 0 Å². The molecule has 3 nitrogen and oxygen atoms in total. The number of benzene rings is 1. The van der Waals surface area contributed by atoms with Crippen LogP contribution in [0, 0.1) is 0 Å². The Morgan fingerprint density at radius 3 is 2.56 bits per heavy atom. The van der Waals surface area contributed by atoms with Gasteiger partial charge in [0.1, 0.15) is 6.04 Å². The lowest BCUT2D eigenvalue weighted by Crippen LogP contribution is -2.40. The number of nitrogens with zero attached hydrogens (tertiary/aromatic N) is 1. The van der Waals surface area contributed by atoms with E-state index >= 15 is 0 Å². The number of esters is 1. The average molecular weight is 247 g/mol. The quantitative estimate of drug-likeness (QED) is 0.747. The van der Waals surface area contributed by atoms with Crippen molar-refractivity contribution in [1.29, 1.82) is 0 Å². The minimum Gasteiger partial charge on any atom is -0.468 e. The first-order valence-corrected chi connectivity index (χ1v) is 6.67. The van der Waals surface area contributed by atoms with Gasteiger partial charge in [0, 0.05) is 0 Å². The molecule has 1 aromatic rings. The topological polar surface area (TPSA) is 29.5 Å². The number of hydrogen-bond acceptors (Lipinski definition) is 3. The molecule has 0 aliphatic carbocycles. The Hall–Kier alpha value is -1.35. The molecule has 0 aromatic heterocycles. The van der Waals surface area contributed by atoms with E-state index in [-0.39, 0.29) is 12.0 Å². The van der Waals surface area contributed by atoms with E-state index in [1.54, 1.807) is 0 Å². The van der Waals surface area contributed by atoms with Crippen LogP contribution in [-0.2, 0) is 16.0 Å². The zero-order valence-electron chi connectivity index (χ0n) is 11.0. The van der Waals surface area contributed by atoms with Crippen molar-refractivity contribution in [3.8, 4) is 0 Å². The molecule has 1 fully saturated rings. The molecule has 1 aromatic carbocycles.